The van der Waals surface area contributed by atoms with Crippen molar-refractivity contribution in [3.05, 3.63) is 60.2 Å². The van der Waals surface area contributed by atoms with Gasteiger partial charge in [-0.15, -0.1) is 0 Å². The third-order valence-corrected chi connectivity index (χ3v) is 5.86. The summed E-state index contributed by atoms with van der Waals surface area (Å²) in [6.45, 7) is 2.06. The van der Waals surface area contributed by atoms with Crippen LogP contribution in [0.15, 0.2) is 59.7 Å². The lowest BCUT2D eigenvalue weighted by Gasteiger charge is -2.21. The molecule has 3 atom stereocenters. The fourth-order valence-electron chi connectivity index (χ4n) is 4.49. The molecule has 0 heterocycles. The first-order valence-electron chi connectivity index (χ1n) is 9.20. The Morgan fingerprint density at radius 2 is 1.68 bits per heavy atom. The summed E-state index contributed by atoms with van der Waals surface area (Å²) >= 11 is 0. The summed E-state index contributed by atoms with van der Waals surface area (Å²) in [5, 5.41) is 4.40. The van der Waals surface area contributed by atoms with Crippen molar-refractivity contribution < 1.29 is 4.79 Å². The smallest absolute Gasteiger partial charge is 0.267 e. The van der Waals surface area contributed by atoms with Crippen LogP contribution in [-0.2, 0) is 0 Å². The Hall–Kier alpha value is -2.42. The third kappa shape index (κ3) is 3.37. The van der Waals surface area contributed by atoms with Crippen LogP contribution in [0.3, 0.4) is 0 Å². The van der Waals surface area contributed by atoms with Crippen molar-refractivity contribution in [1.29, 1.82) is 0 Å². The molecule has 0 saturated heterocycles. The molecule has 2 aromatic rings. The second-order valence-electron chi connectivity index (χ2n) is 7.42. The Labute approximate surface area is 149 Å². The van der Waals surface area contributed by atoms with E-state index in [0.717, 1.165) is 28.7 Å². The zero-order chi connectivity index (χ0) is 17.2. The molecule has 0 aliphatic heterocycles. The average Bonchev–Trinajstić information content (AvgIpc) is 3.30. The van der Waals surface area contributed by atoms with E-state index in [0.29, 0.717) is 11.5 Å². The molecular formula is C22H24N2O. The van der Waals surface area contributed by atoms with Crippen LogP contribution >= 0.6 is 0 Å². The standard InChI is InChI=1S/C22H24N2O/c1-15(21-14-16-7-8-20(21)13-16)23-24-22(25)19-11-9-18(10-12-19)17-5-3-2-4-6-17/h2-6,9-12,16,20-21H,7-8,13-14H2,1H3,(H,24,25). The van der Waals surface area contributed by atoms with Crippen molar-refractivity contribution >= 4 is 11.6 Å². The highest BCUT2D eigenvalue weighted by molar-refractivity contribution is 5.96. The second-order valence-corrected chi connectivity index (χ2v) is 7.42. The maximum absolute atomic E-state index is 12.4. The molecule has 3 unspecified atom stereocenters. The first-order valence-corrected chi connectivity index (χ1v) is 9.20. The van der Waals surface area contributed by atoms with Gasteiger partial charge in [-0.3, -0.25) is 4.79 Å². The van der Waals surface area contributed by atoms with Crippen molar-refractivity contribution in [3.8, 4) is 11.1 Å². The second kappa shape index (κ2) is 6.83. The number of hydrogen-bond donors (Lipinski definition) is 1. The van der Waals surface area contributed by atoms with Gasteiger partial charge in [0.25, 0.3) is 5.91 Å². The highest BCUT2D eigenvalue weighted by Gasteiger charge is 2.40. The van der Waals surface area contributed by atoms with E-state index in [-0.39, 0.29) is 5.91 Å². The quantitative estimate of drug-likeness (QED) is 0.628. The van der Waals surface area contributed by atoms with Crippen LogP contribution in [0, 0.1) is 17.8 Å². The molecule has 0 radical (unpaired) electrons. The normalized spacial score (nSPS) is 25.2. The topological polar surface area (TPSA) is 41.5 Å². The van der Waals surface area contributed by atoms with Gasteiger partial charge >= 0.3 is 0 Å². The van der Waals surface area contributed by atoms with Gasteiger partial charge in [0, 0.05) is 17.2 Å². The van der Waals surface area contributed by atoms with E-state index in [9.17, 15) is 4.79 Å². The average molecular weight is 332 g/mol. The Morgan fingerprint density at radius 3 is 2.32 bits per heavy atom. The van der Waals surface area contributed by atoms with E-state index in [2.05, 4.69) is 29.6 Å². The van der Waals surface area contributed by atoms with Gasteiger partial charge in [0.1, 0.15) is 0 Å². The predicted octanol–water partition coefficient (Wildman–Crippen LogP) is 4.90. The molecule has 1 amide bonds. The molecule has 3 heteroatoms. The number of amides is 1. The van der Waals surface area contributed by atoms with Crippen molar-refractivity contribution in [3.63, 3.8) is 0 Å². The van der Waals surface area contributed by atoms with Crippen molar-refractivity contribution in [2.75, 3.05) is 0 Å². The number of benzene rings is 2. The van der Waals surface area contributed by atoms with Gasteiger partial charge in [0.05, 0.1) is 0 Å². The molecule has 2 saturated carbocycles. The first kappa shape index (κ1) is 16.1. The molecule has 2 aromatic carbocycles. The fraction of sp³-hybridized carbons (Fsp3) is 0.364. The van der Waals surface area contributed by atoms with Gasteiger partial charge < -0.3 is 0 Å². The number of fused-ring (bicyclic) bond motifs is 2. The fourth-order valence-corrected chi connectivity index (χ4v) is 4.49. The Morgan fingerprint density at radius 1 is 0.960 bits per heavy atom. The number of nitrogens with zero attached hydrogens (tertiary/aromatic N) is 1. The van der Waals surface area contributed by atoms with Gasteiger partial charge in [0.2, 0.25) is 0 Å². The minimum atomic E-state index is -0.137. The largest absolute Gasteiger partial charge is 0.271 e. The molecular weight excluding hydrogens is 308 g/mol. The Balaban J connectivity index is 1.40. The molecule has 3 nitrogen and oxygen atoms in total. The zero-order valence-electron chi connectivity index (χ0n) is 14.6. The monoisotopic (exact) mass is 332 g/mol. The molecule has 0 spiro atoms. The Kier molecular flexibility index (Phi) is 4.39. The van der Waals surface area contributed by atoms with E-state index >= 15 is 0 Å². The van der Waals surface area contributed by atoms with Crippen molar-refractivity contribution in [1.82, 2.24) is 5.43 Å². The molecule has 1 N–H and O–H groups in total. The minimum absolute atomic E-state index is 0.137. The molecule has 2 aliphatic rings. The van der Waals surface area contributed by atoms with E-state index < -0.39 is 0 Å². The minimum Gasteiger partial charge on any atom is -0.267 e. The summed E-state index contributed by atoms with van der Waals surface area (Å²) in [5.41, 5.74) is 6.73. The number of hydrazone groups is 1. The van der Waals surface area contributed by atoms with Crippen LogP contribution in [0.2, 0.25) is 0 Å². The maximum Gasteiger partial charge on any atom is 0.271 e. The summed E-state index contributed by atoms with van der Waals surface area (Å²) in [7, 11) is 0. The van der Waals surface area contributed by atoms with Crippen LogP contribution in [0.1, 0.15) is 43.0 Å². The lowest BCUT2D eigenvalue weighted by molar-refractivity contribution is 0.0954. The number of nitrogens with one attached hydrogen (secondary N) is 1. The van der Waals surface area contributed by atoms with E-state index in [1.54, 1.807) is 0 Å². The summed E-state index contributed by atoms with van der Waals surface area (Å²) < 4.78 is 0. The number of carbonyl (C=O) groups is 1. The number of rotatable bonds is 4. The first-order chi connectivity index (χ1) is 12.2. The summed E-state index contributed by atoms with van der Waals surface area (Å²) in [5.74, 6) is 2.11. The van der Waals surface area contributed by atoms with E-state index in [1.807, 2.05) is 42.5 Å². The molecule has 2 fully saturated rings. The van der Waals surface area contributed by atoms with Gasteiger partial charge in [0.15, 0.2) is 0 Å². The zero-order valence-corrected chi connectivity index (χ0v) is 14.6. The van der Waals surface area contributed by atoms with Crippen molar-refractivity contribution in [2.45, 2.75) is 32.6 Å². The van der Waals surface area contributed by atoms with Gasteiger partial charge in [-0.05, 0) is 61.3 Å². The molecule has 4 rings (SSSR count). The van der Waals surface area contributed by atoms with E-state index in [1.165, 1.54) is 25.7 Å². The highest BCUT2D eigenvalue weighted by Crippen LogP contribution is 2.48. The molecule has 2 bridgehead atoms. The van der Waals surface area contributed by atoms with Crippen LogP contribution in [-0.4, -0.2) is 11.6 Å². The lowest BCUT2D eigenvalue weighted by atomic mass is 9.86. The van der Waals surface area contributed by atoms with Crippen LogP contribution in [0.4, 0.5) is 0 Å². The van der Waals surface area contributed by atoms with Crippen LogP contribution < -0.4 is 5.43 Å². The summed E-state index contributed by atoms with van der Waals surface area (Å²) in [6, 6.07) is 17.9. The molecule has 25 heavy (non-hydrogen) atoms. The number of carbonyl (C=O) groups excluding carboxylic acids is 1. The summed E-state index contributed by atoms with van der Waals surface area (Å²) in [4.78, 5) is 12.4. The van der Waals surface area contributed by atoms with Gasteiger partial charge in [-0.2, -0.15) is 5.10 Å². The van der Waals surface area contributed by atoms with E-state index in [4.69, 9.17) is 0 Å². The number of hydrogen-bond acceptors (Lipinski definition) is 2. The van der Waals surface area contributed by atoms with Gasteiger partial charge in [-0.25, -0.2) is 5.43 Å². The van der Waals surface area contributed by atoms with Crippen molar-refractivity contribution in [2.24, 2.45) is 22.9 Å². The molecule has 0 aromatic heterocycles. The van der Waals surface area contributed by atoms with Crippen LogP contribution in [0.5, 0.6) is 0 Å². The predicted molar refractivity (Wildman–Crippen MR) is 101 cm³/mol. The van der Waals surface area contributed by atoms with Gasteiger partial charge in [-0.1, -0.05) is 48.9 Å². The molecule has 2 aliphatic carbocycles. The Bertz CT molecular complexity index is 779. The summed E-state index contributed by atoms with van der Waals surface area (Å²) in [6.07, 6.45) is 5.32. The lowest BCUT2D eigenvalue weighted by Crippen LogP contribution is -2.24. The third-order valence-electron chi connectivity index (χ3n) is 5.86. The highest BCUT2D eigenvalue weighted by atomic mass is 16.2. The SMILES string of the molecule is CC(=NNC(=O)c1ccc(-c2ccccc2)cc1)C1CC2CCC1C2. The molecule has 128 valence electrons. The van der Waals surface area contributed by atoms with Crippen LogP contribution in [0.25, 0.3) is 11.1 Å². The maximum atomic E-state index is 12.4.